The smallest absolute Gasteiger partial charge is 0.319 e. The van der Waals surface area contributed by atoms with Crippen molar-refractivity contribution in [2.75, 3.05) is 11.9 Å². The van der Waals surface area contributed by atoms with E-state index >= 15 is 0 Å². The Morgan fingerprint density at radius 1 is 0.884 bits per heavy atom. The van der Waals surface area contributed by atoms with Gasteiger partial charge in [-0.05, 0) is 96.0 Å². The minimum atomic E-state index is -0.966. The fraction of sp³-hybridized carbons (Fsp3) is 0.371. The second kappa shape index (κ2) is 14.0. The van der Waals surface area contributed by atoms with Crippen molar-refractivity contribution in [3.05, 3.63) is 89.5 Å². The van der Waals surface area contributed by atoms with Crippen molar-refractivity contribution in [3.8, 4) is 17.2 Å². The molecule has 0 heterocycles. The molecule has 4 N–H and O–H groups in total. The third-order valence-corrected chi connectivity index (χ3v) is 8.40. The van der Waals surface area contributed by atoms with Crippen LogP contribution in [0.4, 0.5) is 10.5 Å². The highest BCUT2D eigenvalue weighted by molar-refractivity contribution is 5.94. The highest BCUT2D eigenvalue weighted by Crippen LogP contribution is 2.43. The lowest BCUT2D eigenvalue weighted by atomic mass is 9.68. The van der Waals surface area contributed by atoms with Crippen LogP contribution in [0.15, 0.2) is 72.8 Å². The molecule has 0 bridgehead atoms. The van der Waals surface area contributed by atoms with Gasteiger partial charge in [0.25, 0.3) is 5.91 Å². The lowest BCUT2D eigenvalue weighted by Gasteiger charge is -2.39. The number of nitrogens with zero attached hydrogens (tertiary/aromatic N) is 1. The highest BCUT2D eigenvalue weighted by Gasteiger charge is 2.34. The molecule has 0 radical (unpaired) electrons. The van der Waals surface area contributed by atoms with E-state index in [1.165, 1.54) is 0 Å². The van der Waals surface area contributed by atoms with Crippen LogP contribution < -0.4 is 16.0 Å². The van der Waals surface area contributed by atoms with Gasteiger partial charge in [0.1, 0.15) is 0 Å². The molecule has 1 aliphatic rings. The van der Waals surface area contributed by atoms with Crippen LogP contribution >= 0.6 is 0 Å². The molecule has 8 nitrogen and oxygen atoms in total. The maximum Gasteiger partial charge on any atom is 0.319 e. The summed E-state index contributed by atoms with van der Waals surface area (Å²) in [5.41, 5.74) is 4.84. The summed E-state index contributed by atoms with van der Waals surface area (Å²) in [5.74, 6) is -0.417. The number of carbonyl (C=O) groups excluding carboxylic acids is 2. The van der Waals surface area contributed by atoms with Crippen molar-refractivity contribution in [2.24, 2.45) is 17.3 Å². The predicted octanol–water partition coefficient (Wildman–Crippen LogP) is 7.15. The molecule has 3 aromatic carbocycles. The second-order valence-corrected chi connectivity index (χ2v) is 12.3. The first kappa shape index (κ1) is 31.3. The molecule has 8 heteroatoms. The van der Waals surface area contributed by atoms with Gasteiger partial charge in [-0.1, -0.05) is 57.2 Å². The predicted molar refractivity (Wildman–Crippen MR) is 167 cm³/mol. The molecule has 1 saturated carbocycles. The first-order chi connectivity index (χ1) is 20.5. The molecule has 224 valence electrons. The maximum atomic E-state index is 13.3. The average molecular weight is 581 g/mol. The fourth-order valence-corrected chi connectivity index (χ4v) is 5.81. The van der Waals surface area contributed by atoms with Crippen LogP contribution in [0.2, 0.25) is 0 Å². The van der Waals surface area contributed by atoms with Crippen LogP contribution in [0.25, 0.3) is 11.1 Å². The quantitative estimate of drug-likeness (QED) is 0.214. The number of hydrogen-bond acceptors (Lipinski definition) is 4. The van der Waals surface area contributed by atoms with E-state index in [1.807, 2.05) is 48.5 Å². The summed E-state index contributed by atoms with van der Waals surface area (Å²) in [6.07, 6.45) is 4.03. The number of hydrogen-bond donors (Lipinski definition) is 4. The third kappa shape index (κ3) is 8.68. The van der Waals surface area contributed by atoms with Crippen molar-refractivity contribution < 1.29 is 19.5 Å². The summed E-state index contributed by atoms with van der Waals surface area (Å²) in [6.45, 7) is 6.92. The minimum absolute atomic E-state index is 0.0613. The molecular weight excluding hydrogens is 540 g/mol. The summed E-state index contributed by atoms with van der Waals surface area (Å²) in [7, 11) is 0. The van der Waals surface area contributed by atoms with Crippen LogP contribution in [-0.4, -0.2) is 29.6 Å². The zero-order chi connectivity index (χ0) is 31.0. The Labute approximate surface area is 253 Å². The van der Waals surface area contributed by atoms with E-state index in [1.54, 1.807) is 24.3 Å². The van der Waals surface area contributed by atoms with Gasteiger partial charge in [-0.2, -0.15) is 5.26 Å². The summed E-state index contributed by atoms with van der Waals surface area (Å²) in [6, 6.07) is 23.7. The van der Waals surface area contributed by atoms with E-state index in [4.69, 9.17) is 10.4 Å². The van der Waals surface area contributed by atoms with Gasteiger partial charge in [-0.25, -0.2) is 4.79 Å². The van der Waals surface area contributed by atoms with Crippen LogP contribution in [-0.2, 0) is 4.79 Å². The highest BCUT2D eigenvalue weighted by atomic mass is 16.4. The number of carbonyl (C=O) groups is 3. The first-order valence-corrected chi connectivity index (χ1v) is 14.8. The monoisotopic (exact) mass is 580 g/mol. The van der Waals surface area contributed by atoms with Crippen molar-refractivity contribution in [1.29, 1.82) is 5.26 Å². The van der Waals surface area contributed by atoms with Crippen molar-refractivity contribution >= 4 is 23.6 Å². The standard InChI is InChI=1S/C35H40N4O4/c1-35(2,3)29-16-12-27(13-17-29)32(26-8-10-28(11-9-26)33(42)37-21-20-31(40)41)39-34(43)38-30-18-14-25(15-19-30)24-6-4-23(22-36)5-7-24/h4-11,14-15,18-19,27,29,32H,12-13,16-17,20-21H2,1-3H3,(H,37,42)(H,40,41)(H2,38,39,43). The van der Waals surface area contributed by atoms with Crippen LogP contribution in [0.5, 0.6) is 0 Å². The number of benzene rings is 3. The molecule has 43 heavy (non-hydrogen) atoms. The summed E-state index contributed by atoms with van der Waals surface area (Å²) >= 11 is 0. The third-order valence-electron chi connectivity index (χ3n) is 8.40. The largest absolute Gasteiger partial charge is 0.481 e. The van der Waals surface area contributed by atoms with Gasteiger partial charge in [-0.15, -0.1) is 0 Å². The van der Waals surface area contributed by atoms with E-state index in [0.717, 1.165) is 42.4 Å². The molecule has 3 aromatic rings. The molecule has 0 aliphatic heterocycles. The Kier molecular flexibility index (Phi) is 10.2. The lowest BCUT2D eigenvalue weighted by Crippen LogP contribution is -2.38. The number of carboxylic acid groups (broad SMARTS) is 1. The number of urea groups is 1. The number of rotatable bonds is 9. The van der Waals surface area contributed by atoms with E-state index in [2.05, 4.69) is 42.8 Å². The second-order valence-electron chi connectivity index (χ2n) is 12.3. The molecule has 0 saturated heterocycles. The van der Waals surface area contributed by atoms with Gasteiger partial charge < -0.3 is 21.1 Å². The SMILES string of the molecule is CC(C)(C)C1CCC(C(NC(=O)Nc2ccc(-c3ccc(C#N)cc3)cc2)c2ccc(C(=O)NCCC(=O)O)cc2)CC1. The molecule has 4 rings (SSSR count). The average Bonchev–Trinajstić information content (AvgIpc) is 3.00. The Balaban J connectivity index is 1.46. The topological polar surface area (TPSA) is 131 Å². The van der Waals surface area contributed by atoms with Crippen LogP contribution in [0, 0.1) is 28.6 Å². The molecule has 1 fully saturated rings. The summed E-state index contributed by atoms with van der Waals surface area (Å²) < 4.78 is 0. The lowest BCUT2D eigenvalue weighted by molar-refractivity contribution is -0.136. The number of carboxylic acids is 1. The Hall–Kier alpha value is -4.64. The number of aliphatic carboxylic acids is 1. The van der Waals surface area contributed by atoms with Gasteiger partial charge in [0.2, 0.25) is 0 Å². The number of nitriles is 1. The molecule has 1 unspecified atom stereocenters. The van der Waals surface area contributed by atoms with Crippen molar-refractivity contribution in [1.82, 2.24) is 10.6 Å². The Morgan fingerprint density at radius 2 is 1.47 bits per heavy atom. The maximum absolute atomic E-state index is 13.3. The van der Waals surface area contributed by atoms with E-state index in [9.17, 15) is 14.4 Å². The first-order valence-electron chi connectivity index (χ1n) is 14.8. The molecule has 0 aromatic heterocycles. The van der Waals surface area contributed by atoms with Gasteiger partial charge in [-0.3, -0.25) is 9.59 Å². The number of amides is 3. The minimum Gasteiger partial charge on any atom is -0.481 e. The van der Waals surface area contributed by atoms with Crippen LogP contribution in [0.3, 0.4) is 0 Å². The molecular formula is C35H40N4O4. The molecule has 0 spiro atoms. The normalized spacial score (nSPS) is 17.3. The van der Waals surface area contributed by atoms with E-state index < -0.39 is 5.97 Å². The number of nitrogens with one attached hydrogen (secondary N) is 3. The van der Waals surface area contributed by atoms with Gasteiger partial charge in [0, 0.05) is 17.8 Å². The van der Waals surface area contributed by atoms with Gasteiger partial charge in [0.05, 0.1) is 24.1 Å². The van der Waals surface area contributed by atoms with Gasteiger partial charge in [0.15, 0.2) is 0 Å². The van der Waals surface area contributed by atoms with Crippen molar-refractivity contribution in [2.45, 2.75) is 58.9 Å². The number of anilines is 1. The van der Waals surface area contributed by atoms with Crippen LogP contribution in [0.1, 0.15) is 80.4 Å². The van der Waals surface area contributed by atoms with E-state index in [0.29, 0.717) is 22.7 Å². The van der Waals surface area contributed by atoms with Gasteiger partial charge >= 0.3 is 12.0 Å². The molecule has 1 aliphatic carbocycles. The molecule has 3 amide bonds. The fourth-order valence-electron chi connectivity index (χ4n) is 5.81. The summed E-state index contributed by atoms with van der Waals surface area (Å²) in [5, 5.41) is 26.7. The van der Waals surface area contributed by atoms with Crippen molar-refractivity contribution in [3.63, 3.8) is 0 Å². The summed E-state index contributed by atoms with van der Waals surface area (Å²) in [4.78, 5) is 36.5. The zero-order valence-electron chi connectivity index (χ0n) is 25.0. The zero-order valence-corrected chi connectivity index (χ0v) is 25.0. The Morgan fingerprint density at radius 3 is 2.00 bits per heavy atom. The molecule has 1 atom stereocenters. The van der Waals surface area contributed by atoms with E-state index in [-0.39, 0.29) is 42.3 Å². The Bertz CT molecular complexity index is 1440.